The number of nitro benzene ring substituents is 2. The van der Waals surface area contributed by atoms with E-state index in [1.165, 1.54) is 0 Å². The highest BCUT2D eigenvalue weighted by Crippen LogP contribution is 2.21. The summed E-state index contributed by atoms with van der Waals surface area (Å²) in [5, 5.41) is 20.2. The summed E-state index contributed by atoms with van der Waals surface area (Å²) in [5.41, 5.74) is -1.28. The van der Waals surface area contributed by atoms with Crippen LogP contribution in [-0.4, -0.2) is 18.3 Å². The molecule has 0 N–H and O–H groups in total. The van der Waals surface area contributed by atoms with Gasteiger partial charge in [0.2, 0.25) is 5.82 Å². The molecule has 0 aromatic heterocycles. The molecule has 0 saturated carbocycles. The molecule has 1 rings (SSSR count). The third-order valence-electron chi connectivity index (χ3n) is 1.34. The molecule has 0 fully saturated rings. The van der Waals surface area contributed by atoms with Crippen LogP contribution in [0.4, 0.5) is 15.8 Å². The fourth-order valence-corrected chi connectivity index (χ4v) is 0.757. The van der Waals surface area contributed by atoms with E-state index in [1.807, 2.05) is 0 Å². The molecule has 71 valence electrons. The van der Waals surface area contributed by atoms with Gasteiger partial charge in [-0.2, -0.15) is 4.39 Å². The maximum atomic E-state index is 12.7. The van der Waals surface area contributed by atoms with Gasteiger partial charge in [-0.15, -0.1) is 0 Å². The fourth-order valence-electron chi connectivity index (χ4n) is 0.757. The van der Waals surface area contributed by atoms with E-state index in [9.17, 15) is 24.6 Å². The van der Waals surface area contributed by atoms with Crippen LogP contribution in [0, 0.1) is 26.0 Å². The molecule has 0 aliphatic rings. The summed E-state index contributed by atoms with van der Waals surface area (Å²) < 4.78 is 12.7. The zero-order chi connectivity index (χ0) is 10.0. The number of nitrogens with zero attached hydrogens (tertiary/aromatic N) is 2. The molecule has 0 spiro atoms. The second-order valence-electron chi connectivity index (χ2n) is 2.15. The van der Waals surface area contributed by atoms with Gasteiger partial charge in [-0.1, -0.05) is 0 Å². The molecule has 3 radical (unpaired) electrons. The molecule has 0 aliphatic heterocycles. The number of halogens is 1. The predicted molar refractivity (Wildman–Crippen MR) is 45.5 cm³/mol. The molecular weight excluding hydrogens is 194 g/mol. The lowest BCUT2D eigenvalue weighted by atomic mass is 10.3. The summed E-state index contributed by atoms with van der Waals surface area (Å²) in [7, 11) is 0. The smallest absolute Gasteiger partial charge is 0.258 e. The molecule has 0 atom stereocenters. The predicted octanol–water partition coefficient (Wildman–Crippen LogP) is 1.26. The minimum absolute atomic E-state index is 0. The van der Waals surface area contributed by atoms with Crippen LogP contribution in [-0.2, 0) is 0 Å². The quantitative estimate of drug-likeness (QED) is 0.405. The summed E-state index contributed by atoms with van der Waals surface area (Å²) in [6, 6.07) is 2.15. The fraction of sp³-hybridized carbons (Fsp3) is 0. The Labute approximate surface area is 79.2 Å². The summed E-state index contributed by atoms with van der Waals surface area (Å²) in [6.07, 6.45) is 0. The van der Waals surface area contributed by atoms with Crippen molar-refractivity contribution in [2.24, 2.45) is 0 Å². The maximum Gasteiger partial charge on any atom is 0.305 e. The van der Waals surface area contributed by atoms with Gasteiger partial charge in [-0.3, -0.25) is 20.2 Å². The Hall–Kier alpha value is -1.99. The first kappa shape index (κ1) is 12.0. The largest absolute Gasteiger partial charge is 0.305 e. The minimum Gasteiger partial charge on any atom is -0.258 e. The lowest BCUT2D eigenvalue weighted by Crippen LogP contribution is -1.94. The summed E-state index contributed by atoms with van der Waals surface area (Å²) in [4.78, 5) is 18.4. The van der Waals surface area contributed by atoms with Crippen molar-refractivity contribution < 1.29 is 14.2 Å². The van der Waals surface area contributed by atoms with Crippen LogP contribution in [0.25, 0.3) is 0 Å². The molecule has 1 aromatic carbocycles. The lowest BCUT2D eigenvalue weighted by Gasteiger charge is -1.93. The van der Waals surface area contributed by atoms with Crippen LogP contribution in [0.2, 0.25) is 0 Å². The van der Waals surface area contributed by atoms with Crippen molar-refractivity contribution in [2.75, 3.05) is 0 Å². The molecule has 0 amide bonds. The third kappa shape index (κ3) is 2.25. The SMILES string of the molecule is O=[N+]([O-])c1ccc([N+](=O)[O-])c(F)c1.[B]. The molecule has 0 bridgehead atoms. The lowest BCUT2D eigenvalue weighted by molar-refractivity contribution is -0.391. The van der Waals surface area contributed by atoms with Crippen LogP contribution in [0.1, 0.15) is 0 Å². The van der Waals surface area contributed by atoms with E-state index in [1.54, 1.807) is 0 Å². The van der Waals surface area contributed by atoms with Crippen molar-refractivity contribution in [1.82, 2.24) is 0 Å². The van der Waals surface area contributed by atoms with E-state index < -0.39 is 27.0 Å². The number of rotatable bonds is 2. The van der Waals surface area contributed by atoms with Crippen LogP contribution in [0.15, 0.2) is 18.2 Å². The average Bonchev–Trinajstić information content (AvgIpc) is 2.03. The van der Waals surface area contributed by atoms with Gasteiger partial charge in [0.05, 0.1) is 15.9 Å². The van der Waals surface area contributed by atoms with Crippen LogP contribution in [0.5, 0.6) is 0 Å². The molecule has 0 saturated heterocycles. The second-order valence-corrected chi connectivity index (χ2v) is 2.15. The number of benzene rings is 1. The number of non-ortho nitro benzene ring substituents is 1. The Bertz CT molecular complexity index is 384. The second kappa shape index (κ2) is 4.31. The van der Waals surface area contributed by atoms with E-state index in [0.29, 0.717) is 6.07 Å². The highest BCUT2D eigenvalue weighted by atomic mass is 19.1. The molecule has 1 aromatic rings. The van der Waals surface area contributed by atoms with Gasteiger partial charge in [0.15, 0.2) is 0 Å². The van der Waals surface area contributed by atoms with Crippen LogP contribution in [0.3, 0.4) is 0 Å². The number of hydrogen-bond donors (Lipinski definition) is 0. The monoisotopic (exact) mass is 197 g/mol. The highest BCUT2D eigenvalue weighted by molar-refractivity contribution is 5.75. The first-order valence-corrected chi connectivity index (χ1v) is 3.10. The van der Waals surface area contributed by atoms with Gasteiger partial charge in [0, 0.05) is 20.5 Å². The van der Waals surface area contributed by atoms with E-state index >= 15 is 0 Å². The van der Waals surface area contributed by atoms with Gasteiger partial charge in [0.25, 0.3) is 5.69 Å². The van der Waals surface area contributed by atoms with Gasteiger partial charge in [-0.05, 0) is 0 Å². The normalized spacial score (nSPS) is 8.93. The third-order valence-corrected chi connectivity index (χ3v) is 1.34. The van der Waals surface area contributed by atoms with Crippen molar-refractivity contribution >= 4 is 19.8 Å². The first-order chi connectivity index (χ1) is 6.02. The van der Waals surface area contributed by atoms with Crippen molar-refractivity contribution in [2.45, 2.75) is 0 Å². The first-order valence-electron chi connectivity index (χ1n) is 3.10. The minimum atomic E-state index is -1.21. The van der Waals surface area contributed by atoms with E-state index in [2.05, 4.69) is 0 Å². The summed E-state index contributed by atoms with van der Waals surface area (Å²) in [6.45, 7) is 0. The zero-order valence-electron chi connectivity index (χ0n) is 6.71. The maximum absolute atomic E-state index is 12.7. The molecule has 0 aliphatic carbocycles. The highest BCUT2D eigenvalue weighted by Gasteiger charge is 2.17. The summed E-state index contributed by atoms with van der Waals surface area (Å²) in [5.74, 6) is -1.21. The molecule has 0 unspecified atom stereocenters. The van der Waals surface area contributed by atoms with Crippen molar-refractivity contribution in [3.8, 4) is 0 Å². The Morgan fingerprint density at radius 1 is 1.14 bits per heavy atom. The Balaban J connectivity index is 0.00000169. The number of hydrogen-bond acceptors (Lipinski definition) is 4. The molecule has 8 heteroatoms. The molecule has 0 heterocycles. The zero-order valence-corrected chi connectivity index (χ0v) is 6.71. The summed E-state index contributed by atoms with van der Waals surface area (Å²) >= 11 is 0. The van der Waals surface area contributed by atoms with Crippen molar-refractivity contribution in [3.63, 3.8) is 0 Å². The molecule has 6 nitrogen and oxygen atoms in total. The Kier molecular flexibility index (Phi) is 3.70. The topological polar surface area (TPSA) is 86.3 Å². The van der Waals surface area contributed by atoms with Crippen LogP contribution >= 0.6 is 0 Å². The van der Waals surface area contributed by atoms with Gasteiger partial charge in [0.1, 0.15) is 0 Å². The van der Waals surface area contributed by atoms with Crippen LogP contribution < -0.4 is 0 Å². The molecular formula is C6H3BFN2O4. The standard InChI is InChI=1S/C6H3FN2O4.B/c7-5-3-4(8(10)11)1-2-6(5)9(12)13;/h1-3H;. The number of nitro groups is 2. The van der Waals surface area contributed by atoms with E-state index in [-0.39, 0.29) is 8.41 Å². The van der Waals surface area contributed by atoms with Crippen molar-refractivity contribution in [3.05, 3.63) is 44.2 Å². The Morgan fingerprint density at radius 3 is 2.07 bits per heavy atom. The van der Waals surface area contributed by atoms with E-state index in [4.69, 9.17) is 0 Å². The van der Waals surface area contributed by atoms with Gasteiger partial charge >= 0.3 is 5.69 Å². The van der Waals surface area contributed by atoms with E-state index in [0.717, 1.165) is 12.1 Å². The van der Waals surface area contributed by atoms with Gasteiger partial charge < -0.3 is 0 Å². The molecule has 14 heavy (non-hydrogen) atoms. The van der Waals surface area contributed by atoms with Gasteiger partial charge in [-0.25, -0.2) is 0 Å². The Morgan fingerprint density at radius 2 is 1.71 bits per heavy atom. The average molecular weight is 197 g/mol. The van der Waals surface area contributed by atoms with Crippen molar-refractivity contribution in [1.29, 1.82) is 0 Å².